The maximum Gasteiger partial charge on any atom is 0.335 e. The van der Waals surface area contributed by atoms with E-state index in [1.54, 1.807) is 24.3 Å². The first-order valence-corrected chi connectivity index (χ1v) is 10.1. The van der Waals surface area contributed by atoms with E-state index < -0.39 is 11.5 Å². The number of hydrogen-bond donors (Lipinski definition) is 2. The summed E-state index contributed by atoms with van der Waals surface area (Å²) >= 11 is 0. The average molecular weight is 396 g/mol. The second-order valence-electron chi connectivity index (χ2n) is 8.16. The van der Waals surface area contributed by atoms with Crippen LogP contribution in [0.1, 0.15) is 53.1 Å². The number of hydrogen-bond acceptors (Lipinski definition) is 3. The fraction of sp³-hybridized carbons (Fsp3) is 0.391. The Morgan fingerprint density at radius 2 is 2.03 bits per heavy atom. The van der Waals surface area contributed by atoms with Gasteiger partial charge in [0.15, 0.2) is 0 Å². The van der Waals surface area contributed by atoms with Crippen LogP contribution in [-0.4, -0.2) is 40.5 Å². The second kappa shape index (κ2) is 7.95. The second-order valence-corrected chi connectivity index (χ2v) is 8.16. The summed E-state index contributed by atoms with van der Waals surface area (Å²) in [6.07, 6.45) is 3.08. The van der Waals surface area contributed by atoms with Crippen molar-refractivity contribution in [2.24, 2.45) is 0 Å². The average Bonchev–Trinajstić information content (AvgIpc) is 2.91. The number of carbonyl (C=O) groups excluding carboxylic acids is 1. The Morgan fingerprint density at radius 1 is 1.21 bits per heavy atom. The first kappa shape index (κ1) is 19.6. The highest BCUT2D eigenvalue weighted by Crippen LogP contribution is 2.42. The molecule has 0 bridgehead atoms. The number of carboxylic acid groups (broad SMARTS) is 1. The molecule has 2 atom stereocenters. The van der Waals surface area contributed by atoms with E-state index in [1.165, 1.54) is 6.07 Å². The van der Waals surface area contributed by atoms with Gasteiger partial charge >= 0.3 is 5.97 Å². The normalized spacial score (nSPS) is 25.0. The van der Waals surface area contributed by atoms with E-state index in [-0.39, 0.29) is 23.2 Å². The van der Waals surface area contributed by atoms with Crippen molar-refractivity contribution in [1.29, 1.82) is 0 Å². The van der Waals surface area contributed by atoms with E-state index in [1.807, 2.05) is 18.2 Å². The van der Waals surface area contributed by atoms with Crippen LogP contribution in [0.4, 0.5) is 4.39 Å². The molecular weight excluding hydrogens is 371 g/mol. The minimum Gasteiger partial charge on any atom is -0.478 e. The van der Waals surface area contributed by atoms with Gasteiger partial charge in [0.1, 0.15) is 5.82 Å². The lowest BCUT2D eigenvalue weighted by atomic mass is 9.78. The number of benzene rings is 2. The Morgan fingerprint density at radius 3 is 2.83 bits per heavy atom. The number of halogens is 1. The van der Waals surface area contributed by atoms with Gasteiger partial charge in [-0.15, -0.1) is 0 Å². The molecule has 2 heterocycles. The van der Waals surface area contributed by atoms with Gasteiger partial charge in [-0.25, -0.2) is 9.18 Å². The standard InChI is InChI=1S/C23H25FN2O3/c24-20-9-2-1-8-18(20)19-14-26(13-16-6-5-7-17(12-16)22(28)29)15-23(19)11-4-3-10-21(27)25-23/h1-2,5-9,12,19H,3-4,10-11,13-15H2,(H,25,27)(H,28,29)/t19-,23+/m0/s1. The summed E-state index contributed by atoms with van der Waals surface area (Å²) in [5.41, 5.74) is 1.29. The molecule has 2 saturated heterocycles. The highest BCUT2D eigenvalue weighted by Gasteiger charge is 2.49. The molecule has 2 aliphatic rings. The van der Waals surface area contributed by atoms with Gasteiger partial charge in [0.05, 0.1) is 11.1 Å². The number of nitrogens with zero attached hydrogens (tertiary/aromatic N) is 1. The highest BCUT2D eigenvalue weighted by molar-refractivity contribution is 5.87. The zero-order chi connectivity index (χ0) is 20.4. The Kier molecular flexibility index (Phi) is 5.37. The Bertz CT molecular complexity index is 932. The van der Waals surface area contributed by atoms with Crippen molar-refractivity contribution in [2.45, 2.75) is 43.7 Å². The summed E-state index contributed by atoms with van der Waals surface area (Å²) in [5, 5.41) is 12.5. The number of amides is 1. The minimum atomic E-state index is -0.954. The summed E-state index contributed by atoms with van der Waals surface area (Å²) in [7, 11) is 0. The van der Waals surface area contributed by atoms with Crippen LogP contribution in [0.15, 0.2) is 48.5 Å². The number of rotatable bonds is 4. The fourth-order valence-corrected chi connectivity index (χ4v) is 4.85. The molecule has 2 aromatic rings. The third-order valence-electron chi connectivity index (χ3n) is 6.14. The van der Waals surface area contributed by atoms with E-state index in [0.717, 1.165) is 24.8 Å². The predicted molar refractivity (Wildman–Crippen MR) is 107 cm³/mol. The molecular formula is C23H25FN2O3. The van der Waals surface area contributed by atoms with Crippen LogP contribution in [0.25, 0.3) is 0 Å². The molecule has 4 rings (SSSR count). The van der Waals surface area contributed by atoms with Gasteiger partial charge in [0.25, 0.3) is 0 Å². The monoisotopic (exact) mass is 396 g/mol. The van der Waals surface area contributed by atoms with Gasteiger partial charge in [-0.2, -0.15) is 0 Å². The van der Waals surface area contributed by atoms with Crippen LogP contribution >= 0.6 is 0 Å². The number of aromatic carboxylic acids is 1. The summed E-state index contributed by atoms with van der Waals surface area (Å²) in [4.78, 5) is 25.9. The Hall–Kier alpha value is -2.73. The van der Waals surface area contributed by atoms with Crippen molar-refractivity contribution in [3.63, 3.8) is 0 Å². The SMILES string of the molecule is O=C1CCCC[C@]2(CN(Cc3cccc(C(=O)O)c3)C[C@H]2c2ccccc2F)N1. The third-order valence-corrected chi connectivity index (χ3v) is 6.14. The number of carbonyl (C=O) groups is 2. The van der Waals surface area contributed by atoms with Gasteiger partial charge in [0.2, 0.25) is 5.91 Å². The van der Waals surface area contributed by atoms with E-state index in [2.05, 4.69) is 10.2 Å². The maximum atomic E-state index is 14.7. The zero-order valence-electron chi connectivity index (χ0n) is 16.2. The van der Waals surface area contributed by atoms with Gasteiger partial charge in [-0.3, -0.25) is 9.69 Å². The fourth-order valence-electron chi connectivity index (χ4n) is 4.85. The van der Waals surface area contributed by atoms with E-state index >= 15 is 0 Å². The maximum absolute atomic E-state index is 14.7. The molecule has 5 nitrogen and oxygen atoms in total. The molecule has 0 saturated carbocycles. The molecule has 1 spiro atoms. The lowest BCUT2D eigenvalue weighted by Crippen LogP contribution is -2.52. The predicted octanol–water partition coefficient (Wildman–Crippen LogP) is 3.55. The summed E-state index contributed by atoms with van der Waals surface area (Å²) < 4.78 is 14.7. The van der Waals surface area contributed by atoms with Crippen LogP contribution in [0.2, 0.25) is 0 Å². The van der Waals surface area contributed by atoms with Crippen molar-refractivity contribution in [3.8, 4) is 0 Å². The molecule has 1 amide bonds. The lowest BCUT2D eigenvalue weighted by molar-refractivity contribution is -0.122. The number of nitrogens with one attached hydrogen (secondary N) is 1. The molecule has 2 N–H and O–H groups in total. The molecule has 0 aromatic heterocycles. The van der Waals surface area contributed by atoms with Crippen LogP contribution in [0.5, 0.6) is 0 Å². The molecule has 152 valence electrons. The molecule has 29 heavy (non-hydrogen) atoms. The van der Waals surface area contributed by atoms with Gasteiger partial charge in [-0.1, -0.05) is 36.8 Å². The van der Waals surface area contributed by atoms with Crippen LogP contribution in [0, 0.1) is 5.82 Å². The molecule has 2 aromatic carbocycles. The van der Waals surface area contributed by atoms with E-state index in [0.29, 0.717) is 31.6 Å². The Balaban J connectivity index is 1.65. The molecule has 6 heteroatoms. The summed E-state index contributed by atoms with van der Waals surface area (Å²) in [5.74, 6) is -1.32. The molecule has 0 radical (unpaired) electrons. The number of likely N-dealkylation sites (tertiary alicyclic amines) is 1. The third kappa shape index (κ3) is 4.03. The first-order valence-electron chi connectivity index (χ1n) is 10.1. The van der Waals surface area contributed by atoms with Crippen LogP contribution in [-0.2, 0) is 11.3 Å². The lowest BCUT2D eigenvalue weighted by Gasteiger charge is -2.35. The molecule has 0 aliphatic carbocycles. The zero-order valence-corrected chi connectivity index (χ0v) is 16.2. The van der Waals surface area contributed by atoms with E-state index in [4.69, 9.17) is 0 Å². The Labute approximate surface area is 169 Å². The quantitative estimate of drug-likeness (QED) is 0.829. The van der Waals surface area contributed by atoms with Crippen molar-refractivity contribution in [1.82, 2.24) is 10.2 Å². The van der Waals surface area contributed by atoms with Crippen LogP contribution in [0.3, 0.4) is 0 Å². The minimum absolute atomic E-state index is 0.0264. The molecule has 0 unspecified atom stereocenters. The number of carboxylic acids is 1. The van der Waals surface area contributed by atoms with Gasteiger partial charge in [0, 0.05) is 32.0 Å². The van der Waals surface area contributed by atoms with Crippen molar-refractivity contribution >= 4 is 11.9 Å². The van der Waals surface area contributed by atoms with Crippen LogP contribution < -0.4 is 5.32 Å². The van der Waals surface area contributed by atoms with Crippen molar-refractivity contribution < 1.29 is 19.1 Å². The molecule has 2 aliphatic heterocycles. The first-order chi connectivity index (χ1) is 14.0. The van der Waals surface area contributed by atoms with Crippen molar-refractivity contribution in [3.05, 3.63) is 71.0 Å². The topological polar surface area (TPSA) is 69.6 Å². The summed E-state index contributed by atoms with van der Waals surface area (Å²) in [6, 6.07) is 13.7. The van der Waals surface area contributed by atoms with Crippen molar-refractivity contribution in [2.75, 3.05) is 13.1 Å². The largest absolute Gasteiger partial charge is 0.478 e. The smallest absolute Gasteiger partial charge is 0.335 e. The van der Waals surface area contributed by atoms with Gasteiger partial charge in [-0.05, 0) is 42.2 Å². The van der Waals surface area contributed by atoms with E-state index in [9.17, 15) is 19.1 Å². The summed E-state index contributed by atoms with van der Waals surface area (Å²) in [6.45, 7) is 1.79. The molecule has 2 fully saturated rings. The highest BCUT2D eigenvalue weighted by atomic mass is 19.1. The van der Waals surface area contributed by atoms with Gasteiger partial charge < -0.3 is 10.4 Å².